The Morgan fingerprint density at radius 2 is 2.12 bits per heavy atom. The van der Waals surface area contributed by atoms with Crippen molar-refractivity contribution in [2.45, 2.75) is 37.4 Å². The number of hydrogen-bond donors (Lipinski definition) is 3. The number of alkyl halides is 1. The molecule has 3 rings (SSSR count). The standard InChI is InChI=1S/C18H23ClF2N4/c1-10(18(19)23)7-16(22)25-6-5-14-11(9-25)8-15(24-14)17-12(20)3-2-4-13(17)21/h2-4,7,11,14-15,18,22,24H,5-6,8-9,23H2,1H3. The van der Waals surface area contributed by atoms with Gasteiger partial charge >= 0.3 is 0 Å². The smallest absolute Gasteiger partial charge is 0.130 e. The number of amidine groups is 1. The third kappa shape index (κ3) is 3.86. The maximum absolute atomic E-state index is 14.0. The molecule has 1 aromatic rings. The normalized spacial score (nSPS) is 28.0. The van der Waals surface area contributed by atoms with Gasteiger partial charge in [0.25, 0.3) is 0 Å². The molecule has 4 unspecified atom stereocenters. The fraction of sp³-hybridized carbons (Fsp3) is 0.500. The second kappa shape index (κ2) is 7.40. The van der Waals surface area contributed by atoms with E-state index in [1.165, 1.54) is 18.2 Å². The molecule has 136 valence electrons. The minimum Gasteiger partial charge on any atom is -0.357 e. The first-order chi connectivity index (χ1) is 11.9. The number of benzene rings is 1. The van der Waals surface area contributed by atoms with Crippen molar-refractivity contribution < 1.29 is 8.78 Å². The van der Waals surface area contributed by atoms with Gasteiger partial charge in [-0.1, -0.05) is 6.07 Å². The van der Waals surface area contributed by atoms with Crippen molar-refractivity contribution in [3.8, 4) is 0 Å². The Kier molecular flexibility index (Phi) is 5.41. The molecule has 0 radical (unpaired) electrons. The maximum atomic E-state index is 14.0. The van der Waals surface area contributed by atoms with Crippen molar-refractivity contribution in [3.05, 3.63) is 47.0 Å². The summed E-state index contributed by atoms with van der Waals surface area (Å²) in [6, 6.07) is 3.88. The van der Waals surface area contributed by atoms with E-state index in [-0.39, 0.29) is 23.6 Å². The van der Waals surface area contributed by atoms with Crippen LogP contribution in [0.3, 0.4) is 0 Å². The van der Waals surface area contributed by atoms with Crippen LogP contribution >= 0.6 is 11.6 Å². The Balaban J connectivity index is 1.69. The molecule has 0 saturated carbocycles. The third-order valence-electron chi connectivity index (χ3n) is 5.18. The summed E-state index contributed by atoms with van der Waals surface area (Å²) in [5.74, 6) is -0.380. The highest BCUT2D eigenvalue weighted by atomic mass is 35.5. The number of nitrogens with zero attached hydrogens (tertiary/aromatic N) is 1. The number of rotatable bonds is 3. The number of fused-ring (bicyclic) bond motifs is 1. The number of piperidine rings is 1. The largest absolute Gasteiger partial charge is 0.357 e. The highest BCUT2D eigenvalue weighted by molar-refractivity contribution is 6.22. The quantitative estimate of drug-likeness (QED) is 0.332. The highest BCUT2D eigenvalue weighted by Gasteiger charge is 2.40. The predicted octanol–water partition coefficient (Wildman–Crippen LogP) is 3.14. The Bertz CT molecular complexity index is 671. The van der Waals surface area contributed by atoms with Crippen LogP contribution in [0.1, 0.15) is 31.4 Å². The lowest BCUT2D eigenvalue weighted by Crippen LogP contribution is -2.46. The summed E-state index contributed by atoms with van der Waals surface area (Å²) >= 11 is 5.83. The lowest BCUT2D eigenvalue weighted by molar-refractivity contribution is 0.238. The Morgan fingerprint density at radius 1 is 1.44 bits per heavy atom. The Morgan fingerprint density at radius 3 is 2.76 bits per heavy atom. The number of halogens is 3. The van der Waals surface area contributed by atoms with Crippen LogP contribution in [-0.2, 0) is 0 Å². The van der Waals surface area contributed by atoms with Crippen LogP contribution in [-0.4, -0.2) is 35.4 Å². The van der Waals surface area contributed by atoms with Gasteiger partial charge < -0.3 is 16.0 Å². The van der Waals surface area contributed by atoms with E-state index in [0.717, 1.165) is 18.5 Å². The van der Waals surface area contributed by atoms with Crippen LogP contribution in [0.15, 0.2) is 29.8 Å². The molecule has 4 nitrogen and oxygen atoms in total. The summed E-state index contributed by atoms with van der Waals surface area (Å²) in [5, 5.41) is 11.6. The summed E-state index contributed by atoms with van der Waals surface area (Å²) in [5.41, 5.74) is 5.88. The van der Waals surface area contributed by atoms with Gasteiger partial charge in [-0.15, -0.1) is 11.6 Å². The van der Waals surface area contributed by atoms with E-state index in [1.54, 1.807) is 13.0 Å². The van der Waals surface area contributed by atoms with Crippen LogP contribution in [0.5, 0.6) is 0 Å². The van der Waals surface area contributed by atoms with E-state index in [2.05, 4.69) is 5.32 Å². The minimum absolute atomic E-state index is 0.127. The Hall–Kier alpha value is -1.50. The van der Waals surface area contributed by atoms with E-state index in [1.807, 2.05) is 4.90 Å². The van der Waals surface area contributed by atoms with Crippen LogP contribution < -0.4 is 11.1 Å². The fourth-order valence-corrected chi connectivity index (χ4v) is 3.83. The van der Waals surface area contributed by atoms with Crippen molar-refractivity contribution in [1.82, 2.24) is 10.2 Å². The number of likely N-dealkylation sites (tertiary alicyclic amines) is 1. The predicted molar refractivity (Wildman–Crippen MR) is 95.6 cm³/mol. The van der Waals surface area contributed by atoms with Crippen molar-refractivity contribution in [3.63, 3.8) is 0 Å². The van der Waals surface area contributed by atoms with E-state index < -0.39 is 17.1 Å². The molecule has 25 heavy (non-hydrogen) atoms. The lowest BCUT2D eigenvalue weighted by atomic mass is 9.91. The van der Waals surface area contributed by atoms with Crippen molar-refractivity contribution in [1.29, 1.82) is 5.41 Å². The zero-order valence-corrected chi connectivity index (χ0v) is 14.9. The number of nitrogens with two attached hydrogens (primary N) is 1. The topological polar surface area (TPSA) is 65.1 Å². The first kappa shape index (κ1) is 18.3. The van der Waals surface area contributed by atoms with E-state index in [0.29, 0.717) is 18.8 Å². The van der Waals surface area contributed by atoms with Crippen LogP contribution in [0, 0.1) is 23.0 Å². The van der Waals surface area contributed by atoms with Gasteiger partial charge in [0.2, 0.25) is 0 Å². The van der Waals surface area contributed by atoms with Gasteiger partial charge in [-0.05, 0) is 49.5 Å². The highest BCUT2D eigenvalue weighted by Crippen LogP contribution is 2.37. The molecule has 1 aromatic carbocycles. The second-order valence-corrected chi connectivity index (χ2v) is 7.34. The van der Waals surface area contributed by atoms with Crippen LogP contribution in [0.4, 0.5) is 8.78 Å². The van der Waals surface area contributed by atoms with Gasteiger partial charge in [-0.2, -0.15) is 0 Å². The minimum atomic E-state index is -0.598. The molecule has 2 saturated heterocycles. The van der Waals surface area contributed by atoms with Gasteiger partial charge in [0.15, 0.2) is 0 Å². The average Bonchev–Trinajstić information content (AvgIpc) is 2.96. The van der Waals surface area contributed by atoms with E-state index in [9.17, 15) is 8.78 Å². The van der Waals surface area contributed by atoms with Gasteiger partial charge in [0, 0.05) is 30.7 Å². The Labute approximate surface area is 151 Å². The molecule has 4 atom stereocenters. The molecule has 2 heterocycles. The summed E-state index contributed by atoms with van der Waals surface area (Å²) in [7, 11) is 0. The summed E-state index contributed by atoms with van der Waals surface area (Å²) in [4.78, 5) is 1.98. The monoisotopic (exact) mass is 368 g/mol. The van der Waals surface area contributed by atoms with Crippen molar-refractivity contribution >= 4 is 17.4 Å². The van der Waals surface area contributed by atoms with E-state index in [4.69, 9.17) is 22.7 Å². The average molecular weight is 369 g/mol. The summed E-state index contributed by atoms with van der Waals surface area (Å²) in [6.45, 7) is 3.21. The molecule has 0 aromatic heterocycles. The molecule has 0 bridgehead atoms. The third-order valence-corrected chi connectivity index (χ3v) is 5.52. The summed E-state index contributed by atoms with van der Waals surface area (Å²) < 4.78 is 28.1. The molecular formula is C18H23ClF2N4. The lowest BCUT2D eigenvalue weighted by Gasteiger charge is -2.35. The van der Waals surface area contributed by atoms with Crippen LogP contribution in [0.2, 0.25) is 0 Å². The molecule has 4 N–H and O–H groups in total. The first-order valence-electron chi connectivity index (χ1n) is 8.48. The summed E-state index contributed by atoms with van der Waals surface area (Å²) in [6.07, 6.45) is 3.18. The molecular weight excluding hydrogens is 346 g/mol. The van der Waals surface area contributed by atoms with Gasteiger partial charge in [-0.3, -0.25) is 5.41 Å². The zero-order valence-electron chi connectivity index (χ0n) is 14.1. The van der Waals surface area contributed by atoms with Crippen molar-refractivity contribution in [2.24, 2.45) is 11.7 Å². The van der Waals surface area contributed by atoms with Crippen molar-refractivity contribution in [2.75, 3.05) is 13.1 Å². The maximum Gasteiger partial charge on any atom is 0.130 e. The first-order valence-corrected chi connectivity index (χ1v) is 8.91. The second-order valence-electron chi connectivity index (χ2n) is 6.87. The van der Waals surface area contributed by atoms with E-state index >= 15 is 0 Å². The van der Waals surface area contributed by atoms with Gasteiger partial charge in [-0.25, -0.2) is 8.78 Å². The van der Waals surface area contributed by atoms with Crippen LogP contribution in [0.25, 0.3) is 0 Å². The molecule has 7 heteroatoms. The number of hydrogen-bond acceptors (Lipinski definition) is 3. The molecule has 0 amide bonds. The molecule has 2 aliphatic heterocycles. The molecule has 0 aliphatic carbocycles. The fourth-order valence-electron chi connectivity index (χ4n) is 3.77. The molecule has 2 aliphatic rings. The SMILES string of the molecule is CC(=CC(=N)N1CCC2NC(c3c(F)cccc3F)CC2C1)C(N)Cl. The number of nitrogens with one attached hydrogen (secondary N) is 2. The zero-order chi connectivity index (χ0) is 18.1. The van der Waals surface area contributed by atoms with Gasteiger partial charge in [0.05, 0.1) is 0 Å². The van der Waals surface area contributed by atoms with Gasteiger partial charge in [0.1, 0.15) is 23.0 Å². The molecule has 2 fully saturated rings. The molecule has 0 spiro atoms.